The Morgan fingerprint density at radius 3 is 2.35 bits per heavy atom. The van der Waals surface area contributed by atoms with Gasteiger partial charge in [-0.2, -0.15) is 0 Å². The third kappa shape index (κ3) is 4.77. The van der Waals surface area contributed by atoms with Crippen LogP contribution in [0.3, 0.4) is 0 Å². The molecule has 2 rings (SSSR count). The number of carbonyl (C=O) groups excluding carboxylic acids is 1. The summed E-state index contributed by atoms with van der Waals surface area (Å²) in [6.07, 6.45) is 0. The zero-order valence-electron chi connectivity index (χ0n) is 14.6. The van der Waals surface area contributed by atoms with Gasteiger partial charge in [0.1, 0.15) is 5.69 Å². The highest BCUT2D eigenvalue weighted by Crippen LogP contribution is 2.18. The zero-order valence-corrected chi connectivity index (χ0v) is 14.6. The lowest BCUT2D eigenvalue weighted by Gasteiger charge is -2.21. The first-order valence-electron chi connectivity index (χ1n) is 7.66. The van der Waals surface area contributed by atoms with Crippen LogP contribution < -0.4 is 10.6 Å². The number of hydrogen-bond donors (Lipinski definition) is 2. The summed E-state index contributed by atoms with van der Waals surface area (Å²) in [6, 6.07) is 7.60. The molecule has 1 amide bonds. The Morgan fingerprint density at radius 2 is 1.74 bits per heavy atom. The van der Waals surface area contributed by atoms with Gasteiger partial charge in [-0.3, -0.25) is 4.79 Å². The first-order valence-corrected chi connectivity index (χ1v) is 7.66. The van der Waals surface area contributed by atoms with Crippen molar-refractivity contribution in [3.05, 3.63) is 46.8 Å². The molecule has 0 aliphatic carbocycles. The van der Waals surface area contributed by atoms with Crippen LogP contribution >= 0.6 is 0 Å². The van der Waals surface area contributed by atoms with E-state index < -0.39 is 0 Å². The van der Waals surface area contributed by atoms with Crippen LogP contribution in [-0.2, 0) is 0 Å². The topological polar surface area (TPSA) is 66.9 Å². The summed E-state index contributed by atoms with van der Waals surface area (Å²) < 4.78 is 0. The smallest absolute Gasteiger partial charge is 0.274 e. The van der Waals surface area contributed by atoms with E-state index in [0.29, 0.717) is 11.6 Å². The number of amides is 1. The van der Waals surface area contributed by atoms with Crippen LogP contribution in [0.2, 0.25) is 0 Å². The molecule has 0 aliphatic heterocycles. The number of nitrogens with one attached hydrogen (secondary N) is 2. The Labute approximate surface area is 137 Å². The highest BCUT2D eigenvalue weighted by atomic mass is 16.1. The molecule has 0 radical (unpaired) electrons. The molecule has 5 nitrogen and oxygen atoms in total. The van der Waals surface area contributed by atoms with Crippen molar-refractivity contribution in [3.63, 3.8) is 0 Å². The molecule has 5 heteroatoms. The molecule has 1 aromatic carbocycles. The Kier molecular flexibility index (Phi) is 4.68. The SMILES string of the molecule is Cc1ccc(NC(=O)c2cc(C)nc(NC(C)(C)C)n2)c(C)c1. The molecular weight excluding hydrogens is 288 g/mol. The summed E-state index contributed by atoms with van der Waals surface area (Å²) in [5.41, 5.74) is 3.91. The molecule has 122 valence electrons. The van der Waals surface area contributed by atoms with Gasteiger partial charge in [-0.1, -0.05) is 17.7 Å². The molecule has 1 heterocycles. The van der Waals surface area contributed by atoms with Crippen LogP contribution in [0.4, 0.5) is 11.6 Å². The predicted molar refractivity (Wildman–Crippen MR) is 94.0 cm³/mol. The lowest BCUT2D eigenvalue weighted by molar-refractivity contribution is 0.102. The molecule has 0 unspecified atom stereocenters. The summed E-state index contributed by atoms with van der Waals surface area (Å²) in [5, 5.41) is 6.11. The molecular formula is C18H24N4O. The first kappa shape index (κ1) is 16.9. The van der Waals surface area contributed by atoms with E-state index in [2.05, 4.69) is 20.6 Å². The molecule has 2 aromatic rings. The fraction of sp³-hybridized carbons (Fsp3) is 0.389. The van der Waals surface area contributed by atoms with Crippen molar-refractivity contribution >= 4 is 17.5 Å². The van der Waals surface area contributed by atoms with E-state index in [1.54, 1.807) is 6.07 Å². The van der Waals surface area contributed by atoms with Gasteiger partial charge in [0.25, 0.3) is 5.91 Å². The lowest BCUT2D eigenvalue weighted by Crippen LogP contribution is -2.28. The van der Waals surface area contributed by atoms with Gasteiger partial charge in [0.2, 0.25) is 5.95 Å². The number of rotatable bonds is 3. The van der Waals surface area contributed by atoms with E-state index in [-0.39, 0.29) is 11.4 Å². The Hall–Kier alpha value is -2.43. The fourth-order valence-corrected chi connectivity index (χ4v) is 2.22. The normalized spacial score (nSPS) is 11.2. The Morgan fingerprint density at radius 1 is 1.04 bits per heavy atom. The van der Waals surface area contributed by atoms with Crippen LogP contribution in [0.1, 0.15) is 48.1 Å². The molecule has 0 saturated carbocycles. The summed E-state index contributed by atoms with van der Waals surface area (Å²) in [5.74, 6) is 0.225. The maximum atomic E-state index is 12.5. The number of anilines is 2. The quantitative estimate of drug-likeness (QED) is 0.903. The summed E-state index contributed by atoms with van der Waals surface area (Å²) in [4.78, 5) is 21.2. The minimum atomic E-state index is -0.237. The van der Waals surface area contributed by atoms with Gasteiger partial charge >= 0.3 is 0 Å². The van der Waals surface area contributed by atoms with E-state index in [1.165, 1.54) is 0 Å². The minimum absolute atomic E-state index is 0.172. The largest absolute Gasteiger partial charge is 0.350 e. The molecule has 0 saturated heterocycles. The van der Waals surface area contributed by atoms with E-state index in [0.717, 1.165) is 22.5 Å². The summed E-state index contributed by atoms with van der Waals surface area (Å²) in [7, 11) is 0. The third-order valence-electron chi connectivity index (χ3n) is 3.20. The molecule has 0 aliphatic rings. The Balaban J connectivity index is 2.25. The molecule has 2 N–H and O–H groups in total. The van der Waals surface area contributed by atoms with Gasteiger partial charge in [-0.05, 0) is 59.2 Å². The second kappa shape index (κ2) is 6.36. The van der Waals surface area contributed by atoms with Gasteiger partial charge in [-0.15, -0.1) is 0 Å². The maximum absolute atomic E-state index is 12.5. The summed E-state index contributed by atoms with van der Waals surface area (Å²) >= 11 is 0. The standard InChI is InChI=1S/C18H24N4O/c1-11-7-8-14(12(2)9-11)20-16(23)15-10-13(3)19-17(21-15)22-18(4,5)6/h7-10H,1-6H3,(H,20,23)(H,19,21,22). The average Bonchev–Trinajstić information content (AvgIpc) is 2.39. The second-order valence-corrected chi connectivity index (χ2v) is 6.87. The van der Waals surface area contributed by atoms with E-state index in [9.17, 15) is 4.79 Å². The molecule has 0 fully saturated rings. The number of aryl methyl sites for hydroxylation is 3. The average molecular weight is 312 g/mol. The lowest BCUT2D eigenvalue weighted by atomic mass is 10.1. The van der Waals surface area contributed by atoms with Crippen molar-refractivity contribution in [2.75, 3.05) is 10.6 Å². The van der Waals surface area contributed by atoms with Crippen LogP contribution in [0.25, 0.3) is 0 Å². The monoisotopic (exact) mass is 312 g/mol. The van der Waals surface area contributed by atoms with Crippen LogP contribution in [0.15, 0.2) is 24.3 Å². The van der Waals surface area contributed by atoms with Crippen LogP contribution in [-0.4, -0.2) is 21.4 Å². The summed E-state index contributed by atoms with van der Waals surface area (Å²) in [6.45, 7) is 11.9. The van der Waals surface area contributed by atoms with Crippen LogP contribution in [0.5, 0.6) is 0 Å². The number of aromatic nitrogens is 2. The highest BCUT2D eigenvalue weighted by Gasteiger charge is 2.15. The number of nitrogens with zero attached hydrogens (tertiary/aromatic N) is 2. The highest BCUT2D eigenvalue weighted by molar-refractivity contribution is 6.03. The van der Waals surface area contributed by atoms with E-state index in [4.69, 9.17) is 0 Å². The number of carbonyl (C=O) groups is 1. The second-order valence-electron chi connectivity index (χ2n) is 6.87. The van der Waals surface area contributed by atoms with Crippen molar-refractivity contribution in [3.8, 4) is 0 Å². The van der Waals surface area contributed by atoms with Gasteiger partial charge < -0.3 is 10.6 Å². The van der Waals surface area contributed by atoms with Crippen LogP contribution in [0, 0.1) is 20.8 Å². The first-order chi connectivity index (χ1) is 10.6. The fourth-order valence-electron chi connectivity index (χ4n) is 2.22. The number of hydrogen-bond acceptors (Lipinski definition) is 4. The Bertz CT molecular complexity index is 732. The molecule has 0 bridgehead atoms. The van der Waals surface area contributed by atoms with E-state index >= 15 is 0 Å². The van der Waals surface area contributed by atoms with Gasteiger partial charge in [0, 0.05) is 16.9 Å². The zero-order chi connectivity index (χ0) is 17.2. The van der Waals surface area contributed by atoms with Gasteiger partial charge in [0.05, 0.1) is 0 Å². The van der Waals surface area contributed by atoms with Crippen molar-refractivity contribution in [2.45, 2.75) is 47.1 Å². The van der Waals surface area contributed by atoms with Crippen molar-refractivity contribution < 1.29 is 4.79 Å². The van der Waals surface area contributed by atoms with Gasteiger partial charge in [-0.25, -0.2) is 9.97 Å². The van der Waals surface area contributed by atoms with Crippen molar-refractivity contribution in [2.24, 2.45) is 0 Å². The molecule has 0 spiro atoms. The predicted octanol–water partition coefficient (Wildman–Crippen LogP) is 3.86. The maximum Gasteiger partial charge on any atom is 0.274 e. The third-order valence-corrected chi connectivity index (χ3v) is 3.20. The number of benzene rings is 1. The molecule has 23 heavy (non-hydrogen) atoms. The molecule has 1 aromatic heterocycles. The van der Waals surface area contributed by atoms with Crippen molar-refractivity contribution in [1.29, 1.82) is 0 Å². The van der Waals surface area contributed by atoms with Gasteiger partial charge in [0.15, 0.2) is 0 Å². The minimum Gasteiger partial charge on any atom is -0.350 e. The van der Waals surface area contributed by atoms with E-state index in [1.807, 2.05) is 59.7 Å². The molecule has 0 atom stereocenters. The van der Waals surface area contributed by atoms with Crippen molar-refractivity contribution in [1.82, 2.24) is 9.97 Å².